The Morgan fingerprint density at radius 1 is 0.952 bits per heavy atom. The van der Waals surface area contributed by atoms with Crippen LogP contribution in [0.1, 0.15) is 83.5 Å². The molecule has 3 amide bonds. The topological polar surface area (TPSA) is 130 Å². The summed E-state index contributed by atoms with van der Waals surface area (Å²) >= 11 is 0. The molecule has 3 aliphatic rings. The Morgan fingerprint density at radius 2 is 1.67 bits per heavy atom. The molecule has 5 bridgehead atoms. The Balaban J connectivity index is 1.52. The summed E-state index contributed by atoms with van der Waals surface area (Å²) in [6.45, 7) is 7.52. The van der Waals surface area contributed by atoms with Crippen LogP contribution in [0.25, 0.3) is 17.0 Å². The number of ether oxygens (including phenoxy) is 1. The van der Waals surface area contributed by atoms with E-state index in [0.29, 0.717) is 32.2 Å². The van der Waals surface area contributed by atoms with Crippen LogP contribution in [0.4, 0.5) is 0 Å². The number of hydrogen-bond acceptors (Lipinski definition) is 7. The predicted octanol–water partition coefficient (Wildman–Crippen LogP) is 3.57. The number of cyclic esters (lactones) is 1. The molecule has 3 heterocycles. The number of hydrogen-bond donors (Lipinski definition) is 3. The molecule has 1 saturated heterocycles. The van der Waals surface area contributed by atoms with Gasteiger partial charge in [0, 0.05) is 11.9 Å². The lowest BCUT2D eigenvalue weighted by Gasteiger charge is -2.35. The predicted molar refractivity (Wildman–Crippen MR) is 158 cm³/mol. The lowest BCUT2D eigenvalue weighted by molar-refractivity contribution is -0.166. The molecule has 0 radical (unpaired) electrons. The van der Waals surface area contributed by atoms with E-state index in [1.165, 1.54) is 5.01 Å². The first-order valence-electron chi connectivity index (χ1n) is 15.1. The second kappa shape index (κ2) is 12.2. The zero-order valence-electron chi connectivity index (χ0n) is 24.8. The van der Waals surface area contributed by atoms with Crippen LogP contribution in [0.15, 0.2) is 36.4 Å². The van der Waals surface area contributed by atoms with Gasteiger partial charge in [-0.25, -0.2) is 5.43 Å². The van der Waals surface area contributed by atoms with E-state index < -0.39 is 35.5 Å². The van der Waals surface area contributed by atoms with Gasteiger partial charge in [0.2, 0.25) is 5.91 Å². The van der Waals surface area contributed by atoms with Gasteiger partial charge in [-0.05, 0) is 63.1 Å². The minimum Gasteiger partial charge on any atom is -0.451 e. The Labute approximate surface area is 246 Å². The third kappa shape index (κ3) is 6.18. The first kappa shape index (κ1) is 29.7. The zero-order valence-corrected chi connectivity index (χ0v) is 24.8. The molecule has 10 heteroatoms. The van der Waals surface area contributed by atoms with Gasteiger partial charge in [-0.2, -0.15) is 0 Å². The molecule has 2 aromatic rings. The molecule has 1 aromatic carbocycles. The number of pyridine rings is 1. The van der Waals surface area contributed by atoms with Crippen LogP contribution in [0.3, 0.4) is 0 Å². The summed E-state index contributed by atoms with van der Waals surface area (Å²) < 4.78 is 5.92. The molecule has 2 aliphatic heterocycles. The molecular formula is C32H41N5O5. The van der Waals surface area contributed by atoms with Crippen LogP contribution in [0, 0.1) is 11.3 Å². The molecule has 10 nitrogen and oxygen atoms in total. The Bertz CT molecular complexity index is 1400. The first-order valence-corrected chi connectivity index (χ1v) is 15.1. The van der Waals surface area contributed by atoms with Gasteiger partial charge >= 0.3 is 5.97 Å². The van der Waals surface area contributed by atoms with Crippen LogP contribution in [0.2, 0.25) is 0 Å². The van der Waals surface area contributed by atoms with Crippen molar-refractivity contribution in [3.8, 4) is 0 Å². The quantitative estimate of drug-likeness (QED) is 0.444. The van der Waals surface area contributed by atoms with E-state index in [-0.39, 0.29) is 23.8 Å². The molecular weight excluding hydrogens is 534 g/mol. The number of aromatic nitrogens is 1. The van der Waals surface area contributed by atoms with E-state index in [0.717, 1.165) is 35.0 Å². The SMILES string of the molecule is CC(C)[C@@H]1OC(=O)C2(/C=C/c3ccc4ccc(nc4c3)[C@@H](C)NC(=O)[C@@H]3CCCN(N3)C(=O)[C@H](C)NC1=O)CCCC2. The third-order valence-electron chi connectivity index (χ3n) is 8.63. The largest absolute Gasteiger partial charge is 0.451 e. The van der Waals surface area contributed by atoms with Crippen molar-refractivity contribution >= 4 is 40.7 Å². The fraction of sp³-hybridized carbons (Fsp3) is 0.531. The molecule has 4 atom stereocenters. The summed E-state index contributed by atoms with van der Waals surface area (Å²) in [4.78, 5) is 58.4. The average Bonchev–Trinajstić information content (AvgIpc) is 3.47. The average molecular weight is 576 g/mol. The highest BCUT2D eigenvalue weighted by atomic mass is 16.5. The summed E-state index contributed by atoms with van der Waals surface area (Å²) in [6, 6.07) is 7.98. The maximum Gasteiger partial charge on any atom is 0.316 e. The maximum absolute atomic E-state index is 13.7. The van der Waals surface area contributed by atoms with Gasteiger partial charge in [0.25, 0.3) is 11.8 Å². The summed E-state index contributed by atoms with van der Waals surface area (Å²) in [5.41, 5.74) is 4.61. The number of rotatable bonds is 1. The van der Waals surface area contributed by atoms with Crippen molar-refractivity contribution in [3.63, 3.8) is 0 Å². The van der Waals surface area contributed by atoms with Gasteiger partial charge in [-0.15, -0.1) is 0 Å². The third-order valence-corrected chi connectivity index (χ3v) is 8.63. The smallest absolute Gasteiger partial charge is 0.316 e. The van der Waals surface area contributed by atoms with E-state index in [1.807, 2.05) is 63.3 Å². The molecule has 1 saturated carbocycles. The minimum absolute atomic E-state index is 0.227. The Morgan fingerprint density at radius 3 is 2.40 bits per heavy atom. The lowest BCUT2D eigenvalue weighted by Crippen LogP contribution is -2.61. The first-order chi connectivity index (χ1) is 20.1. The number of nitrogens with zero attached hydrogens (tertiary/aromatic N) is 2. The second-order valence-electron chi connectivity index (χ2n) is 12.2. The summed E-state index contributed by atoms with van der Waals surface area (Å²) in [6.07, 6.45) is 7.04. The highest BCUT2D eigenvalue weighted by Crippen LogP contribution is 2.42. The van der Waals surface area contributed by atoms with Gasteiger partial charge in [0.15, 0.2) is 6.10 Å². The van der Waals surface area contributed by atoms with Crippen LogP contribution in [-0.2, 0) is 23.9 Å². The number of esters is 1. The summed E-state index contributed by atoms with van der Waals surface area (Å²) in [5.74, 6) is -1.83. The summed E-state index contributed by atoms with van der Waals surface area (Å²) in [5, 5.41) is 8.14. The number of benzene rings is 1. The number of amides is 3. The normalized spacial score (nSPS) is 28.1. The van der Waals surface area contributed by atoms with Gasteiger partial charge in [0.1, 0.15) is 12.1 Å². The summed E-state index contributed by atoms with van der Waals surface area (Å²) in [7, 11) is 0. The van der Waals surface area contributed by atoms with Crippen molar-refractivity contribution < 1.29 is 23.9 Å². The monoisotopic (exact) mass is 575 g/mol. The van der Waals surface area contributed by atoms with Crippen molar-refractivity contribution in [3.05, 3.63) is 47.7 Å². The number of hydrazine groups is 1. The molecule has 1 aliphatic carbocycles. The number of carbonyl (C=O) groups is 4. The number of fused-ring (bicyclic) bond motifs is 4. The fourth-order valence-corrected chi connectivity index (χ4v) is 6.03. The highest BCUT2D eigenvalue weighted by Gasteiger charge is 2.43. The van der Waals surface area contributed by atoms with Crippen LogP contribution in [0.5, 0.6) is 0 Å². The van der Waals surface area contributed by atoms with E-state index in [2.05, 4.69) is 16.1 Å². The lowest BCUT2D eigenvalue weighted by atomic mass is 9.85. The highest BCUT2D eigenvalue weighted by molar-refractivity contribution is 5.92. The minimum atomic E-state index is -1.05. The Hall–Kier alpha value is -3.79. The van der Waals surface area contributed by atoms with Crippen LogP contribution < -0.4 is 16.1 Å². The molecule has 3 N–H and O–H groups in total. The molecule has 5 rings (SSSR count). The second-order valence-corrected chi connectivity index (χ2v) is 12.2. The van der Waals surface area contributed by atoms with Crippen molar-refractivity contribution in [2.75, 3.05) is 6.54 Å². The standard InChI is InChI=1S/C32H41N5O5/c1-19(2)27-29(39)34-21(4)30(40)37-17-7-8-25(36-37)28(38)33-20(3)24-12-11-23-10-9-22(18-26(23)35-24)13-16-32(31(41)42-27)14-5-6-15-32/h9-13,16,18-21,25,27,36H,5-8,14-15,17H2,1-4H3,(H,33,38)(H,34,39)/b16-13+/t20-,21+,25+,27+/m1/s1. The van der Waals surface area contributed by atoms with Crippen molar-refractivity contribution in [2.24, 2.45) is 11.3 Å². The van der Waals surface area contributed by atoms with Gasteiger partial charge in [-0.1, -0.05) is 57.0 Å². The maximum atomic E-state index is 13.7. The van der Waals surface area contributed by atoms with E-state index in [1.54, 1.807) is 6.92 Å². The van der Waals surface area contributed by atoms with Crippen LogP contribution in [-0.4, -0.2) is 58.4 Å². The van der Waals surface area contributed by atoms with E-state index in [9.17, 15) is 19.2 Å². The molecule has 224 valence electrons. The zero-order chi connectivity index (χ0) is 30.0. The number of carbonyl (C=O) groups excluding carboxylic acids is 4. The van der Waals surface area contributed by atoms with Crippen LogP contribution >= 0.6 is 0 Å². The number of nitrogens with one attached hydrogen (secondary N) is 3. The molecule has 0 unspecified atom stereocenters. The fourth-order valence-electron chi connectivity index (χ4n) is 6.03. The molecule has 2 fully saturated rings. The van der Waals surface area contributed by atoms with E-state index in [4.69, 9.17) is 9.72 Å². The Kier molecular flexibility index (Phi) is 8.63. The molecule has 1 aromatic heterocycles. The molecule has 1 spiro atoms. The molecule has 42 heavy (non-hydrogen) atoms. The van der Waals surface area contributed by atoms with Gasteiger partial charge in [0.05, 0.1) is 22.7 Å². The van der Waals surface area contributed by atoms with E-state index >= 15 is 0 Å². The van der Waals surface area contributed by atoms with Crippen molar-refractivity contribution in [1.29, 1.82) is 0 Å². The van der Waals surface area contributed by atoms with Crippen molar-refractivity contribution in [1.82, 2.24) is 26.1 Å². The van der Waals surface area contributed by atoms with Gasteiger partial charge < -0.3 is 15.4 Å². The van der Waals surface area contributed by atoms with Gasteiger partial charge in [-0.3, -0.25) is 29.2 Å². The van der Waals surface area contributed by atoms with Crippen molar-refractivity contribution in [2.45, 2.75) is 90.4 Å².